The number of carboxylic acids is 2. The summed E-state index contributed by atoms with van der Waals surface area (Å²) in [5.41, 5.74) is 2.52. The van der Waals surface area contributed by atoms with Crippen LogP contribution in [0, 0.1) is 12.8 Å². The Morgan fingerprint density at radius 1 is 1.60 bits per heavy atom. The van der Waals surface area contributed by atoms with Crippen LogP contribution in [0.1, 0.15) is 17.9 Å². The van der Waals surface area contributed by atoms with Crippen LogP contribution in [0.5, 0.6) is 0 Å². The van der Waals surface area contributed by atoms with Gasteiger partial charge in [0.1, 0.15) is 0 Å². The number of hydrogen-bond donors (Lipinski definition) is 2. The molecule has 2 aliphatic heterocycles. The molecule has 1 aromatic heterocycles. The summed E-state index contributed by atoms with van der Waals surface area (Å²) >= 11 is 0. The van der Waals surface area contributed by atoms with E-state index in [4.69, 9.17) is 24.3 Å². The third kappa shape index (κ3) is 3.45. The van der Waals surface area contributed by atoms with E-state index >= 15 is 0 Å². The Kier molecular flexibility index (Phi) is 4.19. The number of fused-ring (bicyclic) bond motifs is 2. The van der Waals surface area contributed by atoms with Gasteiger partial charge in [-0.25, -0.2) is 4.79 Å². The molecule has 2 saturated heterocycles. The highest BCUT2D eigenvalue weighted by atomic mass is 16.5. The van der Waals surface area contributed by atoms with Crippen LogP contribution < -0.4 is 10.0 Å². The van der Waals surface area contributed by atoms with Gasteiger partial charge in [0.15, 0.2) is 11.7 Å². The molecule has 3 heterocycles. The van der Waals surface area contributed by atoms with Gasteiger partial charge in [-0.05, 0) is 18.6 Å². The van der Waals surface area contributed by atoms with E-state index in [1.165, 1.54) is 26.1 Å². The maximum absolute atomic E-state index is 9.04. The number of aryl methyl sites for hydroxylation is 1. The molecule has 2 bridgehead atoms. The van der Waals surface area contributed by atoms with Crippen LogP contribution in [0.3, 0.4) is 0 Å². The molecule has 0 amide bonds. The Labute approximate surface area is 115 Å². The molecule has 0 saturated carbocycles. The summed E-state index contributed by atoms with van der Waals surface area (Å²) in [5, 5.41) is 20.2. The molecule has 1 aromatic rings. The number of quaternary nitrogens is 1. The summed E-state index contributed by atoms with van der Waals surface area (Å²) < 4.78 is 5.20. The molecule has 108 valence electrons. The second-order valence-corrected chi connectivity index (χ2v) is 5.05. The number of hydrogen-bond acceptors (Lipinski definition) is 5. The first-order valence-electron chi connectivity index (χ1n) is 6.37. The van der Waals surface area contributed by atoms with Crippen molar-refractivity contribution in [3.05, 3.63) is 23.1 Å². The highest BCUT2D eigenvalue weighted by molar-refractivity contribution is 6.26. The van der Waals surface area contributed by atoms with Gasteiger partial charge in [0, 0.05) is 18.4 Å². The van der Waals surface area contributed by atoms with Crippen LogP contribution in [0.4, 0.5) is 0 Å². The lowest BCUT2D eigenvalue weighted by Crippen LogP contribution is -3.08. The molecule has 2 aliphatic rings. The topological polar surface area (TPSA) is 108 Å². The van der Waals surface area contributed by atoms with Crippen LogP contribution in [-0.4, -0.2) is 41.8 Å². The van der Waals surface area contributed by atoms with Crippen molar-refractivity contribution < 1.29 is 29.2 Å². The van der Waals surface area contributed by atoms with E-state index in [0.29, 0.717) is 0 Å². The molecule has 3 rings (SSSR count). The van der Waals surface area contributed by atoms with Crippen LogP contribution >= 0.6 is 0 Å². The molecule has 2 N–H and O–H groups in total. The average Bonchev–Trinajstić information content (AvgIpc) is 3.07. The third-order valence-corrected chi connectivity index (χ3v) is 3.51. The number of piperidine rings is 1. The zero-order valence-electron chi connectivity index (χ0n) is 11.1. The first-order valence-corrected chi connectivity index (χ1v) is 6.37. The summed E-state index contributed by atoms with van der Waals surface area (Å²) in [6.07, 6.45) is 3.55. The highest BCUT2D eigenvalue weighted by Gasteiger charge is 2.37. The summed E-state index contributed by atoms with van der Waals surface area (Å²) in [6, 6.07) is 2.00. The fourth-order valence-corrected chi connectivity index (χ4v) is 2.64. The largest absolute Gasteiger partial charge is 0.539 e. The van der Waals surface area contributed by atoms with E-state index in [1.54, 1.807) is 10.5 Å². The van der Waals surface area contributed by atoms with Gasteiger partial charge in [0.25, 0.3) is 0 Å². The summed E-state index contributed by atoms with van der Waals surface area (Å²) in [4.78, 5) is 19.8. The molecule has 20 heavy (non-hydrogen) atoms. The Morgan fingerprint density at radius 2 is 2.30 bits per heavy atom. The predicted molar refractivity (Wildman–Crippen MR) is 65.5 cm³/mol. The van der Waals surface area contributed by atoms with Crippen molar-refractivity contribution in [2.45, 2.75) is 13.3 Å². The number of rotatable bonds is 1. The molecule has 2 atom stereocenters. The van der Waals surface area contributed by atoms with Crippen LogP contribution in [0.2, 0.25) is 0 Å². The first kappa shape index (κ1) is 14.3. The van der Waals surface area contributed by atoms with Crippen molar-refractivity contribution in [1.29, 1.82) is 0 Å². The Hall–Kier alpha value is -2.15. The fourth-order valence-electron chi connectivity index (χ4n) is 2.64. The number of carboxylic acid groups (broad SMARTS) is 2. The SMILES string of the molecule is Cc1cc(/C=C2/C[NH+]3CCC2C3)on1.O=C([O-])C(=O)O. The van der Waals surface area contributed by atoms with Crippen LogP contribution in [0.15, 0.2) is 16.2 Å². The van der Waals surface area contributed by atoms with Crippen molar-refractivity contribution >= 4 is 18.0 Å². The molecule has 0 aliphatic carbocycles. The van der Waals surface area contributed by atoms with Crippen LogP contribution in [0.25, 0.3) is 6.08 Å². The van der Waals surface area contributed by atoms with Gasteiger partial charge in [0.2, 0.25) is 0 Å². The molecule has 0 radical (unpaired) electrons. The zero-order valence-corrected chi connectivity index (χ0v) is 11.1. The van der Waals surface area contributed by atoms with Crippen molar-refractivity contribution in [2.24, 2.45) is 5.92 Å². The van der Waals surface area contributed by atoms with Gasteiger partial charge >= 0.3 is 5.97 Å². The molecule has 0 aromatic carbocycles. The minimum Gasteiger partial charge on any atom is -0.539 e. The van der Waals surface area contributed by atoms with Gasteiger partial charge in [-0.2, -0.15) is 0 Å². The van der Waals surface area contributed by atoms with E-state index in [-0.39, 0.29) is 0 Å². The van der Waals surface area contributed by atoms with E-state index < -0.39 is 11.9 Å². The van der Waals surface area contributed by atoms with Crippen molar-refractivity contribution in [2.75, 3.05) is 19.6 Å². The number of aliphatic carboxylic acids is 2. The second-order valence-electron chi connectivity index (χ2n) is 5.05. The number of nitrogens with zero attached hydrogens (tertiary/aromatic N) is 1. The van der Waals surface area contributed by atoms with Gasteiger partial charge in [0.05, 0.1) is 25.3 Å². The molecule has 0 spiro atoms. The summed E-state index contributed by atoms with van der Waals surface area (Å²) in [6.45, 7) is 5.86. The van der Waals surface area contributed by atoms with E-state index in [9.17, 15) is 0 Å². The molecule has 7 nitrogen and oxygen atoms in total. The monoisotopic (exact) mass is 280 g/mol. The molecule has 2 unspecified atom stereocenters. The van der Waals surface area contributed by atoms with Crippen molar-refractivity contribution in [1.82, 2.24) is 5.16 Å². The summed E-state index contributed by atoms with van der Waals surface area (Å²) in [7, 11) is 0. The minimum atomic E-state index is -2.07. The lowest BCUT2D eigenvalue weighted by atomic mass is 9.98. The number of carbonyl (C=O) groups excluding carboxylic acids is 1. The highest BCUT2D eigenvalue weighted by Crippen LogP contribution is 2.23. The Morgan fingerprint density at radius 3 is 2.70 bits per heavy atom. The molecular weight excluding hydrogens is 264 g/mol. The Balaban J connectivity index is 0.000000212. The number of carbonyl (C=O) groups is 2. The average molecular weight is 280 g/mol. The molecular formula is C13H16N2O5. The maximum atomic E-state index is 9.04. The standard InChI is InChI=1S/C11H14N2O.C2H2O4/c1-8-4-11(14-12-8)5-10-7-13-3-2-9(10)6-13;3-1(4)2(5)6/h4-5,9H,2-3,6-7H2,1H3;(H,3,4)(H,5,6)/b10-5-;. The number of aromatic nitrogens is 1. The zero-order chi connectivity index (χ0) is 14.7. The van der Waals surface area contributed by atoms with E-state index in [1.807, 2.05) is 13.0 Å². The fraction of sp³-hybridized carbons (Fsp3) is 0.462. The second kappa shape index (κ2) is 5.87. The van der Waals surface area contributed by atoms with Gasteiger partial charge in [-0.1, -0.05) is 5.16 Å². The maximum Gasteiger partial charge on any atom is 0.351 e. The lowest BCUT2D eigenvalue weighted by molar-refractivity contribution is -0.875. The number of nitrogens with one attached hydrogen (secondary N) is 1. The quantitative estimate of drug-likeness (QED) is 0.582. The van der Waals surface area contributed by atoms with E-state index in [0.717, 1.165) is 17.4 Å². The summed E-state index contributed by atoms with van der Waals surface area (Å²) in [5.74, 6) is -2.27. The lowest BCUT2D eigenvalue weighted by Gasteiger charge is -2.10. The predicted octanol–water partition coefficient (Wildman–Crippen LogP) is -1.89. The van der Waals surface area contributed by atoms with Crippen molar-refractivity contribution in [3.8, 4) is 0 Å². The van der Waals surface area contributed by atoms with Gasteiger partial charge < -0.3 is 24.4 Å². The van der Waals surface area contributed by atoms with Crippen LogP contribution in [-0.2, 0) is 9.59 Å². The van der Waals surface area contributed by atoms with Gasteiger partial charge in [-0.3, -0.25) is 0 Å². The molecule has 7 heteroatoms. The van der Waals surface area contributed by atoms with E-state index in [2.05, 4.69) is 11.2 Å². The normalized spacial score (nSPS) is 25.4. The smallest absolute Gasteiger partial charge is 0.351 e. The third-order valence-electron chi connectivity index (χ3n) is 3.51. The first-order chi connectivity index (χ1) is 9.45. The molecule has 2 fully saturated rings. The Bertz CT molecular complexity index is 537. The van der Waals surface area contributed by atoms with Gasteiger partial charge in [-0.15, -0.1) is 0 Å². The van der Waals surface area contributed by atoms with Crippen molar-refractivity contribution in [3.63, 3.8) is 0 Å². The minimum absolute atomic E-state index is 0.815.